The number of nitrogens with zero attached hydrogens (tertiary/aromatic N) is 3. The van der Waals surface area contributed by atoms with E-state index in [4.69, 9.17) is 4.74 Å². The maximum atomic E-state index is 12.1. The van der Waals surface area contributed by atoms with Crippen LogP contribution in [0.2, 0.25) is 0 Å². The average Bonchev–Trinajstić information content (AvgIpc) is 2.64. The van der Waals surface area contributed by atoms with Crippen LogP contribution in [0, 0.1) is 0 Å². The predicted octanol–water partition coefficient (Wildman–Crippen LogP) is 1.47. The minimum absolute atomic E-state index is 0.199. The van der Waals surface area contributed by atoms with E-state index in [-0.39, 0.29) is 5.91 Å². The van der Waals surface area contributed by atoms with Crippen molar-refractivity contribution in [3.63, 3.8) is 0 Å². The first-order valence-corrected chi connectivity index (χ1v) is 8.03. The monoisotopic (exact) mass is 327 g/mol. The standard InChI is InChI=1S/C17H21N5O2/c23-17(21-15-2-1-5-18-13-15)14-3-4-16(20-12-14)19-6-7-22-8-10-24-11-9-22/h1-5,12-13H,6-11H2,(H,19,20)(H,21,23). The third kappa shape index (κ3) is 4.74. The molecule has 7 heteroatoms. The maximum Gasteiger partial charge on any atom is 0.257 e. The van der Waals surface area contributed by atoms with Gasteiger partial charge in [0.05, 0.1) is 30.7 Å². The fourth-order valence-electron chi connectivity index (χ4n) is 2.44. The lowest BCUT2D eigenvalue weighted by Gasteiger charge is -2.26. The van der Waals surface area contributed by atoms with Crippen molar-refractivity contribution in [1.29, 1.82) is 0 Å². The van der Waals surface area contributed by atoms with Gasteiger partial charge in [-0.3, -0.25) is 14.7 Å². The summed E-state index contributed by atoms with van der Waals surface area (Å²) in [6.45, 7) is 5.33. The predicted molar refractivity (Wildman–Crippen MR) is 92.2 cm³/mol. The highest BCUT2D eigenvalue weighted by atomic mass is 16.5. The quantitative estimate of drug-likeness (QED) is 0.836. The zero-order valence-electron chi connectivity index (χ0n) is 13.4. The van der Waals surface area contributed by atoms with Crippen LogP contribution in [0.15, 0.2) is 42.9 Å². The van der Waals surface area contributed by atoms with Crippen molar-refractivity contribution in [3.05, 3.63) is 48.4 Å². The molecule has 0 bridgehead atoms. The molecule has 1 fully saturated rings. The Kier molecular flexibility index (Phi) is 5.70. The highest BCUT2D eigenvalue weighted by molar-refractivity contribution is 6.04. The minimum Gasteiger partial charge on any atom is -0.379 e. The first-order chi connectivity index (χ1) is 11.8. The van der Waals surface area contributed by atoms with Gasteiger partial charge in [-0.2, -0.15) is 0 Å². The summed E-state index contributed by atoms with van der Waals surface area (Å²) in [6.07, 6.45) is 4.84. The summed E-state index contributed by atoms with van der Waals surface area (Å²) in [6, 6.07) is 7.14. The van der Waals surface area contributed by atoms with Crippen molar-refractivity contribution >= 4 is 17.4 Å². The van der Waals surface area contributed by atoms with Crippen LogP contribution < -0.4 is 10.6 Å². The lowest BCUT2D eigenvalue weighted by Crippen LogP contribution is -2.39. The van der Waals surface area contributed by atoms with E-state index in [2.05, 4.69) is 25.5 Å². The summed E-state index contributed by atoms with van der Waals surface area (Å²) in [7, 11) is 0. The van der Waals surface area contributed by atoms with E-state index in [0.29, 0.717) is 11.3 Å². The molecule has 2 N–H and O–H groups in total. The number of aromatic nitrogens is 2. The van der Waals surface area contributed by atoms with Gasteiger partial charge in [0.25, 0.3) is 5.91 Å². The largest absolute Gasteiger partial charge is 0.379 e. The van der Waals surface area contributed by atoms with E-state index in [1.807, 2.05) is 6.07 Å². The molecular formula is C17H21N5O2. The second kappa shape index (κ2) is 8.37. The van der Waals surface area contributed by atoms with Crippen molar-refractivity contribution in [2.75, 3.05) is 50.0 Å². The van der Waals surface area contributed by atoms with Crippen LogP contribution in [0.3, 0.4) is 0 Å². The van der Waals surface area contributed by atoms with Crippen molar-refractivity contribution < 1.29 is 9.53 Å². The number of rotatable bonds is 6. The lowest BCUT2D eigenvalue weighted by atomic mass is 10.2. The lowest BCUT2D eigenvalue weighted by molar-refractivity contribution is 0.0398. The molecule has 0 saturated carbocycles. The number of amides is 1. The highest BCUT2D eigenvalue weighted by Crippen LogP contribution is 2.09. The first kappa shape index (κ1) is 16.4. The van der Waals surface area contributed by atoms with E-state index in [1.165, 1.54) is 0 Å². The number of hydrogen-bond donors (Lipinski definition) is 2. The Morgan fingerprint density at radius 1 is 1.21 bits per heavy atom. The molecular weight excluding hydrogens is 306 g/mol. The van der Waals surface area contributed by atoms with Gasteiger partial charge in [-0.05, 0) is 24.3 Å². The van der Waals surface area contributed by atoms with Gasteiger partial charge in [0.15, 0.2) is 0 Å². The van der Waals surface area contributed by atoms with E-state index in [1.54, 1.807) is 36.8 Å². The second-order valence-electron chi connectivity index (χ2n) is 5.51. The van der Waals surface area contributed by atoms with Gasteiger partial charge in [0.2, 0.25) is 0 Å². The Morgan fingerprint density at radius 3 is 2.79 bits per heavy atom. The average molecular weight is 327 g/mol. The van der Waals surface area contributed by atoms with E-state index >= 15 is 0 Å². The fraction of sp³-hybridized carbons (Fsp3) is 0.353. The van der Waals surface area contributed by atoms with Gasteiger partial charge >= 0.3 is 0 Å². The molecule has 0 spiro atoms. The van der Waals surface area contributed by atoms with Crippen LogP contribution in [0.4, 0.5) is 11.5 Å². The summed E-state index contributed by atoms with van der Waals surface area (Å²) >= 11 is 0. The van der Waals surface area contributed by atoms with Crippen LogP contribution in [-0.4, -0.2) is 60.2 Å². The van der Waals surface area contributed by atoms with Gasteiger partial charge < -0.3 is 15.4 Å². The van der Waals surface area contributed by atoms with Gasteiger partial charge in [-0.25, -0.2) is 4.98 Å². The van der Waals surface area contributed by atoms with Crippen molar-refractivity contribution in [2.45, 2.75) is 0 Å². The molecule has 0 aliphatic carbocycles. The zero-order chi connectivity index (χ0) is 16.6. The van der Waals surface area contributed by atoms with E-state index in [0.717, 1.165) is 45.2 Å². The smallest absolute Gasteiger partial charge is 0.257 e. The van der Waals surface area contributed by atoms with Gasteiger partial charge in [0, 0.05) is 38.6 Å². The number of hydrogen-bond acceptors (Lipinski definition) is 6. The van der Waals surface area contributed by atoms with Gasteiger partial charge in [-0.1, -0.05) is 0 Å². The number of pyridine rings is 2. The SMILES string of the molecule is O=C(Nc1cccnc1)c1ccc(NCCN2CCOCC2)nc1. The van der Waals surface area contributed by atoms with Gasteiger partial charge in [-0.15, -0.1) is 0 Å². The van der Waals surface area contributed by atoms with Crippen LogP contribution in [0.25, 0.3) is 0 Å². The molecule has 0 unspecified atom stereocenters. The Labute approximate surface area is 141 Å². The molecule has 0 aromatic carbocycles. The van der Waals surface area contributed by atoms with Crippen LogP contribution >= 0.6 is 0 Å². The third-order valence-electron chi connectivity index (χ3n) is 3.78. The van der Waals surface area contributed by atoms with E-state index in [9.17, 15) is 4.79 Å². The molecule has 7 nitrogen and oxygen atoms in total. The number of nitrogens with one attached hydrogen (secondary N) is 2. The Balaban J connectivity index is 1.47. The number of morpholine rings is 1. The molecule has 24 heavy (non-hydrogen) atoms. The number of carbonyl (C=O) groups excluding carboxylic acids is 1. The maximum absolute atomic E-state index is 12.1. The van der Waals surface area contributed by atoms with Crippen molar-refractivity contribution in [3.8, 4) is 0 Å². The minimum atomic E-state index is -0.199. The molecule has 3 rings (SSSR count). The van der Waals surface area contributed by atoms with Crippen LogP contribution in [-0.2, 0) is 4.74 Å². The van der Waals surface area contributed by atoms with E-state index < -0.39 is 0 Å². The van der Waals surface area contributed by atoms with Gasteiger partial charge in [0.1, 0.15) is 5.82 Å². The topological polar surface area (TPSA) is 79.4 Å². The molecule has 1 aliphatic rings. The summed E-state index contributed by atoms with van der Waals surface area (Å²) < 4.78 is 5.33. The Bertz CT molecular complexity index is 642. The van der Waals surface area contributed by atoms with Crippen molar-refractivity contribution in [2.24, 2.45) is 0 Å². The molecule has 1 aliphatic heterocycles. The first-order valence-electron chi connectivity index (χ1n) is 8.03. The summed E-state index contributed by atoms with van der Waals surface area (Å²) in [5, 5.41) is 6.06. The molecule has 2 aromatic heterocycles. The summed E-state index contributed by atoms with van der Waals surface area (Å²) in [4.78, 5) is 22.7. The molecule has 2 aromatic rings. The molecule has 1 saturated heterocycles. The second-order valence-corrected chi connectivity index (χ2v) is 5.51. The Morgan fingerprint density at radius 2 is 2.08 bits per heavy atom. The zero-order valence-corrected chi connectivity index (χ0v) is 13.4. The summed E-state index contributed by atoms with van der Waals surface area (Å²) in [5.41, 5.74) is 1.17. The van der Waals surface area contributed by atoms with Crippen LogP contribution in [0.1, 0.15) is 10.4 Å². The summed E-state index contributed by atoms with van der Waals surface area (Å²) in [5.74, 6) is 0.566. The molecule has 0 atom stereocenters. The third-order valence-corrected chi connectivity index (χ3v) is 3.78. The molecule has 126 valence electrons. The molecule has 1 amide bonds. The number of anilines is 2. The normalized spacial score (nSPS) is 15.0. The molecule has 0 radical (unpaired) electrons. The fourth-order valence-corrected chi connectivity index (χ4v) is 2.44. The highest BCUT2D eigenvalue weighted by Gasteiger charge is 2.10. The van der Waals surface area contributed by atoms with Crippen LogP contribution in [0.5, 0.6) is 0 Å². The molecule has 3 heterocycles. The Hall–Kier alpha value is -2.51. The van der Waals surface area contributed by atoms with Crippen molar-refractivity contribution in [1.82, 2.24) is 14.9 Å². The number of carbonyl (C=O) groups is 1. The number of ether oxygens (including phenoxy) is 1.